The molecule has 0 fully saturated rings. The molecule has 0 saturated carbocycles. The Kier molecular flexibility index (Phi) is 3.99. The summed E-state index contributed by atoms with van der Waals surface area (Å²) in [6.45, 7) is 0.392. The van der Waals surface area contributed by atoms with Crippen molar-refractivity contribution in [2.24, 2.45) is 0 Å². The van der Waals surface area contributed by atoms with Crippen LogP contribution in [0.15, 0.2) is 41.2 Å². The molecule has 5 heteroatoms. The third-order valence-electron chi connectivity index (χ3n) is 2.47. The Balaban J connectivity index is 1.96. The van der Waals surface area contributed by atoms with Crippen molar-refractivity contribution >= 4 is 17.5 Å². The number of benzene rings is 1. The van der Waals surface area contributed by atoms with Gasteiger partial charge in [0, 0.05) is 6.54 Å². The van der Waals surface area contributed by atoms with Crippen molar-refractivity contribution in [2.75, 3.05) is 6.54 Å². The molecule has 2 rings (SSSR count). The molecule has 0 saturated heterocycles. The van der Waals surface area contributed by atoms with Gasteiger partial charge in [-0.1, -0.05) is 17.7 Å². The molecule has 1 heterocycles. The summed E-state index contributed by atoms with van der Waals surface area (Å²) in [5.74, 6) is -1.13. The summed E-state index contributed by atoms with van der Waals surface area (Å²) in [7, 11) is 0. The van der Waals surface area contributed by atoms with Crippen LogP contribution >= 0.6 is 11.6 Å². The van der Waals surface area contributed by atoms with Crippen molar-refractivity contribution in [3.8, 4) is 0 Å². The van der Waals surface area contributed by atoms with Gasteiger partial charge in [-0.15, -0.1) is 0 Å². The number of nitrogens with one attached hydrogen (secondary N) is 1. The lowest BCUT2D eigenvalue weighted by molar-refractivity contribution is 0.0950. The second-order valence-electron chi connectivity index (χ2n) is 3.73. The fourth-order valence-electron chi connectivity index (χ4n) is 1.56. The molecule has 0 atom stereocenters. The van der Waals surface area contributed by atoms with E-state index in [1.165, 1.54) is 18.2 Å². The van der Waals surface area contributed by atoms with Crippen molar-refractivity contribution in [1.29, 1.82) is 0 Å². The molecule has 0 radical (unpaired) electrons. The Labute approximate surface area is 109 Å². The normalized spacial score (nSPS) is 10.3. The first kappa shape index (κ1) is 12.6. The number of halogens is 2. The van der Waals surface area contributed by atoms with E-state index < -0.39 is 11.7 Å². The largest absolute Gasteiger partial charge is 0.472 e. The van der Waals surface area contributed by atoms with Crippen LogP contribution in [0.4, 0.5) is 4.39 Å². The Bertz CT molecular complexity index is 520. The quantitative estimate of drug-likeness (QED) is 0.925. The first-order valence-corrected chi connectivity index (χ1v) is 5.79. The fraction of sp³-hybridized carbons (Fsp3) is 0.154. The maximum Gasteiger partial charge on any atom is 0.255 e. The highest BCUT2D eigenvalue weighted by Gasteiger charge is 2.14. The average molecular weight is 268 g/mol. The van der Waals surface area contributed by atoms with E-state index in [4.69, 9.17) is 16.0 Å². The number of rotatable bonds is 4. The van der Waals surface area contributed by atoms with Gasteiger partial charge in [0.2, 0.25) is 0 Å². The summed E-state index contributed by atoms with van der Waals surface area (Å²) in [5, 5.41) is 2.72. The average Bonchev–Trinajstić information content (AvgIpc) is 2.82. The van der Waals surface area contributed by atoms with Crippen LogP contribution in [0, 0.1) is 5.82 Å². The van der Waals surface area contributed by atoms with Crippen LogP contribution in [0.3, 0.4) is 0 Å². The van der Waals surface area contributed by atoms with Gasteiger partial charge in [-0.05, 0) is 30.2 Å². The number of hydrogen-bond acceptors (Lipinski definition) is 2. The Morgan fingerprint density at radius 3 is 2.89 bits per heavy atom. The van der Waals surface area contributed by atoms with E-state index in [0.29, 0.717) is 13.0 Å². The van der Waals surface area contributed by atoms with Crippen molar-refractivity contribution in [3.63, 3.8) is 0 Å². The van der Waals surface area contributed by atoms with E-state index in [1.54, 1.807) is 12.5 Å². The maximum atomic E-state index is 13.4. The third kappa shape index (κ3) is 2.90. The van der Waals surface area contributed by atoms with Crippen LogP contribution in [0.2, 0.25) is 5.02 Å². The van der Waals surface area contributed by atoms with Gasteiger partial charge in [0.1, 0.15) is 5.82 Å². The molecule has 0 aliphatic heterocycles. The smallest absolute Gasteiger partial charge is 0.255 e. The number of carbonyl (C=O) groups is 1. The van der Waals surface area contributed by atoms with Gasteiger partial charge in [-0.3, -0.25) is 4.79 Å². The molecule has 1 aromatic carbocycles. The van der Waals surface area contributed by atoms with Crippen molar-refractivity contribution < 1.29 is 13.6 Å². The molecule has 1 amide bonds. The topological polar surface area (TPSA) is 42.2 Å². The first-order chi connectivity index (χ1) is 8.68. The molecule has 1 N–H and O–H groups in total. The lowest BCUT2D eigenvalue weighted by Gasteiger charge is -2.06. The van der Waals surface area contributed by atoms with Crippen LogP contribution in [0.25, 0.3) is 0 Å². The Hall–Kier alpha value is -1.81. The molecule has 0 bridgehead atoms. The predicted octanol–water partition coefficient (Wildman–Crippen LogP) is 3.04. The number of carbonyl (C=O) groups excluding carboxylic acids is 1. The van der Waals surface area contributed by atoms with Gasteiger partial charge < -0.3 is 9.73 Å². The van der Waals surface area contributed by atoms with Gasteiger partial charge in [0.05, 0.1) is 23.1 Å². The molecule has 0 unspecified atom stereocenters. The second-order valence-corrected chi connectivity index (χ2v) is 4.14. The van der Waals surface area contributed by atoms with Crippen LogP contribution in [0.1, 0.15) is 15.9 Å². The minimum absolute atomic E-state index is 0.107. The van der Waals surface area contributed by atoms with E-state index >= 15 is 0 Å². The monoisotopic (exact) mass is 267 g/mol. The van der Waals surface area contributed by atoms with Crippen molar-refractivity contribution in [1.82, 2.24) is 5.32 Å². The number of furan rings is 1. The minimum atomic E-state index is -0.622. The SMILES string of the molecule is O=C(NCCc1ccoc1)c1c(F)cccc1Cl. The van der Waals surface area contributed by atoms with Gasteiger partial charge in [0.25, 0.3) is 5.91 Å². The molecule has 94 valence electrons. The van der Waals surface area contributed by atoms with Crippen molar-refractivity contribution in [3.05, 3.63) is 58.8 Å². The summed E-state index contributed by atoms with van der Waals surface area (Å²) in [6.07, 6.45) is 3.78. The molecule has 2 aromatic rings. The summed E-state index contributed by atoms with van der Waals surface area (Å²) in [6, 6.07) is 5.95. The van der Waals surface area contributed by atoms with E-state index in [2.05, 4.69) is 5.32 Å². The Morgan fingerprint density at radius 2 is 2.22 bits per heavy atom. The van der Waals surface area contributed by atoms with E-state index in [0.717, 1.165) is 5.56 Å². The third-order valence-corrected chi connectivity index (χ3v) is 2.78. The lowest BCUT2D eigenvalue weighted by Crippen LogP contribution is -2.26. The molecular formula is C13H11ClFNO2. The highest BCUT2D eigenvalue weighted by atomic mass is 35.5. The lowest BCUT2D eigenvalue weighted by atomic mass is 10.2. The summed E-state index contributed by atoms with van der Waals surface area (Å²) < 4.78 is 18.3. The van der Waals surface area contributed by atoms with Crippen LogP contribution in [-0.4, -0.2) is 12.5 Å². The van der Waals surface area contributed by atoms with Crippen molar-refractivity contribution in [2.45, 2.75) is 6.42 Å². The van der Waals surface area contributed by atoms with Gasteiger partial charge in [-0.2, -0.15) is 0 Å². The standard InChI is InChI=1S/C13H11ClFNO2/c14-10-2-1-3-11(15)12(10)13(17)16-6-4-9-5-7-18-8-9/h1-3,5,7-8H,4,6H2,(H,16,17). The zero-order chi connectivity index (χ0) is 13.0. The highest BCUT2D eigenvalue weighted by molar-refractivity contribution is 6.33. The molecule has 0 aliphatic carbocycles. The zero-order valence-electron chi connectivity index (χ0n) is 9.45. The van der Waals surface area contributed by atoms with Crippen LogP contribution < -0.4 is 5.32 Å². The van der Waals surface area contributed by atoms with E-state index in [1.807, 2.05) is 6.07 Å². The molecule has 18 heavy (non-hydrogen) atoms. The minimum Gasteiger partial charge on any atom is -0.472 e. The summed E-state index contributed by atoms with van der Waals surface area (Å²) in [4.78, 5) is 11.8. The first-order valence-electron chi connectivity index (χ1n) is 5.42. The summed E-state index contributed by atoms with van der Waals surface area (Å²) >= 11 is 5.79. The summed E-state index contributed by atoms with van der Waals surface area (Å²) in [5.41, 5.74) is 0.848. The Morgan fingerprint density at radius 1 is 1.39 bits per heavy atom. The predicted molar refractivity (Wildman–Crippen MR) is 66.2 cm³/mol. The second kappa shape index (κ2) is 5.69. The van der Waals surface area contributed by atoms with E-state index in [9.17, 15) is 9.18 Å². The maximum absolute atomic E-state index is 13.4. The number of hydrogen-bond donors (Lipinski definition) is 1. The fourth-order valence-corrected chi connectivity index (χ4v) is 1.81. The van der Waals surface area contributed by atoms with Gasteiger partial charge >= 0.3 is 0 Å². The van der Waals surface area contributed by atoms with Crippen LogP contribution in [-0.2, 0) is 6.42 Å². The molecular weight excluding hydrogens is 257 g/mol. The molecule has 1 aromatic heterocycles. The van der Waals surface area contributed by atoms with Crippen LogP contribution in [0.5, 0.6) is 0 Å². The molecule has 3 nitrogen and oxygen atoms in total. The molecule has 0 aliphatic rings. The van der Waals surface area contributed by atoms with Gasteiger partial charge in [0.15, 0.2) is 0 Å². The van der Waals surface area contributed by atoms with Gasteiger partial charge in [-0.25, -0.2) is 4.39 Å². The number of amides is 1. The van der Waals surface area contributed by atoms with E-state index in [-0.39, 0.29) is 10.6 Å². The zero-order valence-corrected chi connectivity index (χ0v) is 10.2. The molecule has 0 spiro atoms. The highest BCUT2D eigenvalue weighted by Crippen LogP contribution is 2.18.